The molecule has 17 heteroatoms. The molecule has 1 aliphatic carbocycles. The first kappa shape index (κ1) is 37.4. The highest BCUT2D eigenvalue weighted by Crippen LogP contribution is 2.44. The summed E-state index contributed by atoms with van der Waals surface area (Å²) in [5, 5.41) is 9.24. The van der Waals surface area contributed by atoms with Gasteiger partial charge >= 0.3 is 17.9 Å². The Morgan fingerprint density at radius 1 is 1.06 bits per heavy atom. The van der Waals surface area contributed by atoms with Crippen molar-refractivity contribution in [1.82, 2.24) is 0 Å². The van der Waals surface area contributed by atoms with Gasteiger partial charge in [-0.1, -0.05) is 18.2 Å². The third-order valence-electron chi connectivity index (χ3n) is 6.58. The van der Waals surface area contributed by atoms with Crippen LogP contribution in [0.1, 0.15) is 42.9 Å². The van der Waals surface area contributed by atoms with E-state index >= 15 is 0 Å². The van der Waals surface area contributed by atoms with Crippen molar-refractivity contribution in [1.29, 1.82) is 0 Å². The number of esters is 3. The van der Waals surface area contributed by atoms with Crippen molar-refractivity contribution >= 4 is 65.6 Å². The number of rotatable bonds is 17. The van der Waals surface area contributed by atoms with Crippen LogP contribution in [0.25, 0.3) is 17.2 Å². The average molecular weight is 714 g/mol. The number of fused-ring (bicyclic) bond motifs is 1. The van der Waals surface area contributed by atoms with Gasteiger partial charge < -0.3 is 19.0 Å². The van der Waals surface area contributed by atoms with E-state index in [2.05, 4.69) is 4.84 Å². The molecule has 0 fully saturated rings. The van der Waals surface area contributed by atoms with Crippen molar-refractivity contribution < 1.29 is 55.5 Å². The molecule has 0 saturated heterocycles. The topological polar surface area (TPSA) is 182 Å². The van der Waals surface area contributed by atoms with Gasteiger partial charge in [-0.05, 0) is 87.9 Å². The SMILES string of the molecule is CC1=C(CC(=O)OC(COC(=O)CCCO[N+](=O)[O-])C(=O)OCCSS(C)(=O)=O)c2cc(F)ccc2/C1=C\c1ccc(S(C)=O)cc1. The van der Waals surface area contributed by atoms with Crippen LogP contribution in [0, 0.1) is 15.9 Å². The van der Waals surface area contributed by atoms with E-state index in [1.165, 1.54) is 12.1 Å². The van der Waals surface area contributed by atoms with Crippen LogP contribution in [0.3, 0.4) is 0 Å². The summed E-state index contributed by atoms with van der Waals surface area (Å²) in [7, 11) is -4.03. The Kier molecular flexibility index (Phi) is 13.7. The smallest absolute Gasteiger partial charge is 0.351 e. The molecule has 2 atom stereocenters. The van der Waals surface area contributed by atoms with Crippen molar-refractivity contribution in [3.8, 4) is 0 Å². The molecule has 0 radical (unpaired) electrons. The minimum Gasteiger partial charge on any atom is -0.462 e. The summed E-state index contributed by atoms with van der Waals surface area (Å²) in [6.07, 6.45) is 1.92. The van der Waals surface area contributed by atoms with E-state index in [0.717, 1.165) is 11.8 Å². The maximum atomic E-state index is 14.4. The van der Waals surface area contributed by atoms with Crippen molar-refractivity contribution in [2.24, 2.45) is 0 Å². The van der Waals surface area contributed by atoms with Gasteiger partial charge in [0, 0.05) is 40.4 Å². The maximum Gasteiger partial charge on any atom is 0.351 e. The van der Waals surface area contributed by atoms with Gasteiger partial charge in [-0.15, -0.1) is 10.1 Å². The quantitative estimate of drug-likeness (QED) is 0.0574. The summed E-state index contributed by atoms with van der Waals surface area (Å²) in [6.45, 7) is 0.290. The zero-order valence-electron chi connectivity index (χ0n) is 25.6. The number of hydrogen-bond donors (Lipinski definition) is 0. The second kappa shape index (κ2) is 17.2. The van der Waals surface area contributed by atoms with Crippen molar-refractivity contribution in [2.45, 2.75) is 37.2 Å². The Bertz CT molecular complexity index is 1700. The number of ether oxygens (including phenoxy) is 3. The molecule has 2 aromatic rings. The highest BCUT2D eigenvalue weighted by molar-refractivity contribution is 8.71. The van der Waals surface area contributed by atoms with Crippen molar-refractivity contribution in [3.05, 3.63) is 80.7 Å². The molecule has 0 aliphatic heterocycles. The van der Waals surface area contributed by atoms with Crippen LogP contribution in [-0.4, -0.2) is 79.8 Å². The zero-order valence-corrected chi connectivity index (χ0v) is 28.0. The summed E-state index contributed by atoms with van der Waals surface area (Å²) in [4.78, 5) is 53.1. The van der Waals surface area contributed by atoms with Gasteiger partial charge in [0.25, 0.3) is 5.09 Å². The lowest BCUT2D eigenvalue weighted by atomic mass is 10.0. The van der Waals surface area contributed by atoms with Gasteiger partial charge in [0.2, 0.25) is 6.10 Å². The normalized spacial score (nSPS) is 14.7. The lowest BCUT2D eigenvalue weighted by Gasteiger charge is -2.17. The summed E-state index contributed by atoms with van der Waals surface area (Å²) in [5.74, 6) is -3.53. The fourth-order valence-corrected chi connectivity index (χ4v) is 6.50. The fourth-order valence-electron chi connectivity index (χ4n) is 4.42. The number of halogens is 1. The minimum atomic E-state index is -3.41. The average Bonchev–Trinajstić information content (AvgIpc) is 3.24. The van der Waals surface area contributed by atoms with Crippen LogP contribution in [0.15, 0.2) is 52.9 Å². The molecule has 0 aromatic heterocycles. The summed E-state index contributed by atoms with van der Waals surface area (Å²) < 4.78 is 64.3. The fraction of sp³-hybridized carbons (Fsp3) is 0.367. The first-order valence-corrected chi connectivity index (χ1v) is 18.9. The van der Waals surface area contributed by atoms with Gasteiger partial charge in [-0.2, -0.15) is 0 Å². The van der Waals surface area contributed by atoms with Gasteiger partial charge in [-0.25, -0.2) is 17.6 Å². The molecule has 0 spiro atoms. The first-order valence-electron chi connectivity index (χ1n) is 13.9. The molecule has 0 amide bonds. The largest absolute Gasteiger partial charge is 0.462 e. The Morgan fingerprint density at radius 3 is 2.40 bits per heavy atom. The third kappa shape index (κ3) is 11.9. The van der Waals surface area contributed by atoms with Crippen LogP contribution in [0.5, 0.6) is 0 Å². The molecule has 1 aliphatic rings. The van der Waals surface area contributed by atoms with Crippen LogP contribution < -0.4 is 0 Å². The minimum absolute atomic E-state index is 0.0566. The molecule has 13 nitrogen and oxygen atoms in total. The molecule has 0 bridgehead atoms. The molecule has 254 valence electrons. The van der Waals surface area contributed by atoms with E-state index in [1.54, 1.807) is 43.5 Å². The number of nitrogens with zero attached hydrogens (tertiary/aromatic N) is 1. The summed E-state index contributed by atoms with van der Waals surface area (Å²) >= 11 is 0. The van der Waals surface area contributed by atoms with E-state index in [9.17, 15) is 41.5 Å². The first-order chi connectivity index (χ1) is 22.1. The monoisotopic (exact) mass is 713 g/mol. The maximum absolute atomic E-state index is 14.4. The Labute approximate surface area is 276 Å². The van der Waals surface area contributed by atoms with Crippen molar-refractivity contribution in [2.75, 3.05) is 38.1 Å². The summed E-state index contributed by atoms with van der Waals surface area (Å²) in [5.41, 5.74) is 3.66. The van der Waals surface area contributed by atoms with Crippen LogP contribution in [-0.2, 0) is 53.1 Å². The number of carbonyl (C=O) groups excluding carboxylic acids is 3. The van der Waals surface area contributed by atoms with Crippen LogP contribution in [0.4, 0.5) is 4.39 Å². The van der Waals surface area contributed by atoms with E-state index in [-0.39, 0.29) is 31.8 Å². The molecule has 2 aromatic carbocycles. The second-order valence-electron chi connectivity index (χ2n) is 10.1. The van der Waals surface area contributed by atoms with E-state index in [1.807, 2.05) is 6.08 Å². The summed E-state index contributed by atoms with van der Waals surface area (Å²) in [6, 6.07) is 11.2. The number of benzene rings is 2. The van der Waals surface area contributed by atoms with Gasteiger partial charge in [0.05, 0.1) is 13.0 Å². The number of hydrogen-bond acceptors (Lipinski definition) is 13. The molecular formula is C30H32FNO12S3. The molecule has 2 unspecified atom stereocenters. The number of carbonyl (C=O) groups is 3. The zero-order chi connectivity index (χ0) is 34.7. The lowest BCUT2D eigenvalue weighted by molar-refractivity contribution is -0.757. The third-order valence-corrected chi connectivity index (χ3v) is 10.1. The van der Waals surface area contributed by atoms with E-state index in [4.69, 9.17) is 14.2 Å². The predicted molar refractivity (Wildman–Crippen MR) is 172 cm³/mol. The molecule has 0 saturated carbocycles. The Balaban J connectivity index is 1.78. The lowest BCUT2D eigenvalue weighted by Crippen LogP contribution is -2.35. The predicted octanol–water partition coefficient (Wildman–Crippen LogP) is 3.96. The highest BCUT2D eigenvalue weighted by Gasteiger charge is 2.30. The Morgan fingerprint density at radius 2 is 1.77 bits per heavy atom. The molecule has 47 heavy (non-hydrogen) atoms. The molecule has 0 heterocycles. The molecule has 3 rings (SSSR count). The number of allylic oxidation sites excluding steroid dienone is 2. The van der Waals surface area contributed by atoms with E-state index < -0.39 is 67.6 Å². The van der Waals surface area contributed by atoms with Crippen molar-refractivity contribution in [3.63, 3.8) is 0 Å². The Hall–Kier alpha value is -4.09. The highest BCUT2D eigenvalue weighted by atomic mass is 33.1. The van der Waals surface area contributed by atoms with Crippen LogP contribution in [0.2, 0.25) is 0 Å². The molecule has 0 N–H and O–H groups in total. The van der Waals surface area contributed by atoms with Gasteiger partial charge in [-0.3, -0.25) is 13.8 Å². The van der Waals surface area contributed by atoms with Crippen LogP contribution >= 0.6 is 10.8 Å². The van der Waals surface area contributed by atoms with Gasteiger partial charge in [0.15, 0.2) is 8.87 Å². The molecular weight excluding hydrogens is 682 g/mol. The van der Waals surface area contributed by atoms with Gasteiger partial charge in [0.1, 0.15) is 19.0 Å². The second-order valence-corrected chi connectivity index (χ2v) is 16.0. The standard InChI is InChI=1S/C30H32FNO12S3/c1-19-24(15-20-6-9-22(10-7-20)46(2)38)23-11-8-21(31)16-26(23)25(19)17-29(34)44-27(30(35)41-13-14-45-47(3,39)40)18-42-28(33)5-4-12-43-32(36)37/h6-11,15-16,27H,4-5,12-14,17-18H2,1-3H3/b24-15-. The van der Waals surface area contributed by atoms with E-state index in [0.29, 0.717) is 43.5 Å².